The van der Waals surface area contributed by atoms with Crippen molar-refractivity contribution in [1.82, 2.24) is 9.88 Å². The lowest BCUT2D eigenvalue weighted by Crippen LogP contribution is -2.28. The molecule has 3 rings (SSSR count). The molecule has 1 amide bonds. The van der Waals surface area contributed by atoms with Gasteiger partial charge in [0.2, 0.25) is 0 Å². The molecule has 0 spiro atoms. The second-order valence-electron chi connectivity index (χ2n) is 5.86. The first kappa shape index (κ1) is 14.6. The van der Waals surface area contributed by atoms with E-state index in [0.717, 1.165) is 37.3 Å². The molecule has 22 heavy (non-hydrogen) atoms. The van der Waals surface area contributed by atoms with Gasteiger partial charge in [0, 0.05) is 18.8 Å². The van der Waals surface area contributed by atoms with Gasteiger partial charge in [0.15, 0.2) is 0 Å². The summed E-state index contributed by atoms with van der Waals surface area (Å²) >= 11 is 0. The Labute approximate surface area is 131 Å². The van der Waals surface area contributed by atoms with Gasteiger partial charge in [-0.1, -0.05) is 6.07 Å². The fourth-order valence-electron chi connectivity index (χ4n) is 2.66. The average Bonchev–Trinajstić information content (AvgIpc) is 3.05. The van der Waals surface area contributed by atoms with Gasteiger partial charge in [-0.15, -0.1) is 0 Å². The fourth-order valence-corrected chi connectivity index (χ4v) is 2.66. The minimum Gasteiger partial charge on any atom is -0.354 e. The Hall–Kier alpha value is -2.36. The maximum Gasteiger partial charge on any atom is 0.272 e. The number of nitrogens with one attached hydrogen (secondary N) is 1. The molecule has 114 valence electrons. The fraction of sp³-hybridized carbons (Fsp3) is 0.333. The van der Waals surface area contributed by atoms with E-state index in [1.807, 2.05) is 17.0 Å². The zero-order valence-electron chi connectivity index (χ0n) is 13.1. The highest BCUT2D eigenvalue weighted by atomic mass is 16.2. The molecule has 1 aromatic carbocycles. The van der Waals surface area contributed by atoms with Crippen LogP contribution in [0.5, 0.6) is 0 Å². The predicted octanol–water partition coefficient (Wildman–Crippen LogP) is 3.68. The van der Waals surface area contributed by atoms with Crippen LogP contribution >= 0.6 is 0 Å². The number of likely N-dealkylation sites (tertiary alicyclic amines) is 1. The quantitative estimate of drug-likeness (QED) is 0.939. The van der Waals surface area contributed by atoms with Crippen molar-refractivity contribution in [2.45, 2.75) is 26.7 Å². The molecule has 0 bridgehead atoms. The summed E-state index contributed by atoms with van der Waals surface area (Å²) < 4.78 is 0. The van der Waals surface area contributed by atoms with Crippen molar-refractivity contribution in [1.29, 1.82) is 0 Å². The molecule has 0 unspecified atom stereocenters. The zero-order valence-corrected chi connectivity index (χ0v) is 13.1. The van der Waals surface area contributed by atoms with Gasteiger partial charge >= 0.3 is 0 Å². The number of anilines is 2. The molecule has 0 aliphatic carbocycles. The van der Waals surface area contributed by atoms with Crippen LogP contribution in [0, 0.1) is 13.8 Å². The molecule has 0 radical (unpaired) electrons. The van der Waals surface area contributed by atoms with E-state index in [4.69, 9.17) is 0 Å². The lowest BCUT2D eigenvalue weighted by molar-refractivity contribution is 0.0787. The number of aromatic nitrogens is 1. The summed E-state index contributed by atoms with van der Waals surface area (Å²) in [6, 6.07) is 9.95. The number of hydrogen-bond donors (Lipinski definition) is 1. The SMILES string of the molecule is Cc1ccc(Nc2ccc(C(=O)N3CCCC3)nc2)cc1C. The lowest BCUT2D eigenvalue weighted by Gasteiger charge is -2.14. The number of benzene rings is 1. The van der Waals surface area contributed by atoms with Crippen LogP contribution in [0.15, 0.2) is 36.5 Å². The van der Waals surface area contributed by atoms with Crippen molar-refractivity contribution in [3.05, 3.63) is 53.3 Å². The first-order valence-electron chi connectivity index (χ1n) is 7.73. The van der Waals surface area contributed by atoms with Gasteiger partial charge in [-0.25, -0.2) is 4.98 Å². The Morgan fingerprint density at radius 3 is 2.41 bits per heavy atom. The number of carbonyl (C=O) groups excluding carboxylic acids is 1. The monoisotopic (exact) mass is 295 g/mol. The third-order valence-electron chi connectivity index (χ3n) is 4.17. The van der Waals surface area contributed by atoms with Gasteiger partial charge in [0.1, 0.15) is 5.69 Å². The van der Waals surface area contributed by atoms with Gasteiger partial charge < -0.3 is 10.2 Å². The van der Waals surface area contributed by atoms with E-state index in [9.17, 15) is 4.79 Å². The van der Waals surface area contributed by atoms with Crippen LogP contribution in [-0.2, 0) is 0 Å². The molecule has 1 aromatic heterocycles. The van der Waals surface area contributed by atoms with E-state index in [-0.39, 0.29) is 5.91 Å². The Bertz CT molecular complexity index is 673. The summed E-state index contributed by atoms with van der Waals surface area (Å²) in [4.78, 5) is 18.4. The molecule has 0 atom stereocenters. The Kier molecular flexibility index (Phi) is 4.09. The van der Waals surface area contributed by atoms with Crippen LogP contribution in [0.2, 0.25) is 0 Å². The summed E-state index contributed by atoms with van der Waals surface area (Å²) in [6.07, 6.45) is 3.91. The molecule has 2 heterocycles. The third kappa shape index (κ3) is 3.11. The van der Waals surface area contributed by atoms with Gasteiger partial charge in [0.25, 0.3) is 5.91 Å². The largest absolute Gasteiger partial charge is 0.354 e. The van der Waals surface area contributed by atoms with E-state index in [1.165, 1.54) is 11.1 Å². The van der Waals surface area contributed by atoms with Crippen LogP contribution in [0.1, 0.15) is 34.5 Å². The molecule has 2 aromatic rings. The summed E-state index contributed by atoms with van der Waals surface area (Å²) in [5, 5.41) is 3.32. The van der Waals surface area contributed by atoms with Gasteiger partial charge in [-0.2, -0.15) is 0 Å². The van der Waals surface area contributed by atoms with Crippen molar-refractivity contribution < 1.29 is 4.79 Å². The highest BCUT2D eigenvalue weighted by Gasteiger charge is 2.20. The maximum atomic E-state index is 12.2. The molecule has 1 aliphatic heterocycles. The maximum absolute atomic E-state index is 12.2. The van der Waals surface area contributed by atoms with E-state index in [1.54, 1.807) is 12.3 Å². The van der Waals surface area contributed by atoms with Crippen LogP contribution < -0.4 is 5.32 Å². The topological polar surface area (TPSA) is 45.2 Å². The van der Waals surface area contributed by atoms with E-state index < -0.39 is 0 Å². The minimum absolute atomic E-state index is 0.0373. The number of hydrogen-bond acceptors (Lipinski definition) is 3. The van der Waals surface area contributed by atoms with Crippen molar-refractivity contribution >= 4 is 17.3 Å². The second kappa shape index (κ2) is 6.18. The first-order chi connectivity index (χ1) is 10.6. The van der Waals surface area contributed by atoms with Crippen LogP contribution in [-0.4, -0.2) is 28.9 Å². The van der Waals surface area contributed by atoms with Crippen LogP contribution in [0.4, 0.5) is 11.4 Å². The van der Waals surface area contributed by atoms with Gasteiger partial charge in [-0.3, -0.25) is 4.79 Å². The third-order valence-corrected chi connectivity index (χ3v) is 4.17. The summed E-state index contributed by atoms with van der Waals surface area (Å²) in [7, 11) is 0. The molecule has 4 nitrogen and oxygen atoms in total. The smallest absolute Gasteiger partial charge is 0.272 e. The van der Waals surface area contributed by atoms with Crippen molar-refractivity contribution in [3.63, 3.8) is 0 Å². The number of amides is 1. The van der Waals surface area contributed by atoms with Crippen molar-refractivity contribution in [2.75, 3.05) is 18.4 Å². The molecular formula is C18H21N3O. The van der Waals surface area contributed by atoms with Gasteiger partial charge in [-0.05, 0) is 62.1 Å². The Morgan fingerprint density at radius 2 is 1.77 bits per heavy atom. The summed E-state index contributed by atoms with van der Waals surface area (Å²) in [5.74, 6) is 0.0373. The van der Waals surface area contributed by atoms with E-state index >= 15 is 0 Å². The lowest BCUT2D eigenvalue weighted by atomic mass is 10.1. The van der Waals surface area contributed by atoms with Crippen molar-refractivity contribution in [3.8, 4) is 0 Å². The normalized spacial score (nSPS) is 14.2. The van der Waals surface area contributed by atoms with Gasteiger partial charge in [0.05, 0.1) is 11.9 Å². The molecular weight excluding hydrogens is 274 g/mol. The average molecular weight is 295 g/mol. The molecule has 1 N–H and O–H groups in total. The first-order valence-corrected chi connectivity index (χ1v) is 7.73. The van der Waals surface area contributed by atoms with E-state index in [2.05, 4.69) is 36.3 Å². The standard InChI is InChI=1S/C18H21N3O/c1-13-5-6-15(11-14(13)2)20-16-7-8-17(19-12-16)18(22)21-9-3-4-10-21/h5-8,11-12,20H,3-4,9-10H2,1-2H3. The molecule has 0 saturated carbocycles. The number of pyridine rings is 1. The Morgan fingerprint density at radius 1 is 1.05 bits per heavy atom. The van der Waals surface area contributed by atoms with Crippen LogP contribution in [0.25, 0.3) is 0 Å². The second-order valence-corrected chi connectivity index (χ2v) is 5.86. The molecule has 4 heteroatoms. The molecule has 1 fully saturated rings. The number of rotatable bonds is 3. The number of nitrogens with zero attached hydrogens (tertiary/aromatic N) is 2. The van der Waals surface area contributed by atoms with Crippen molar-refractivity contribution in [2.24, 2.45) is 0 Å². The number of carbonyl (C=O) groups is 1. The highest BCUT2D eigenvalue weighted by molar-refractivity contribution is 5.92. The summed E-state index contributed by atoms with van der Waals surface area (Å²) in [5.41, 5.74) is 4.96. The zero-order chi connectivity index (χ0) is 15.5. The number of aryl methyl sites for hydroxylation is 2. The molecule has 1 aliphatic rings. The van der Waals surface area contributed by atoms with Crippen LogP contribution in [0.3, 0.4) is 0 Å². The Balaban J connectivity index is 1.70. The minimum atomic E-state index is 0.0373. The highest BCUT2D eigenvalue weighted by Crippen LogP contribution is 2.20. The predicted molar refractivity (Wildman–Crippen MR) is 88.6 cm³/mol. The summed E-state index contributed by atoms with van der Waals surface area (Å²) in [6.45, 7) is 5.89. The van der Waals surface area contributed by atoms with E-state index in [0.29, 0.717) is 5.69 Å². The molecule has 1 saturated heterocycles.